The Kier molecular flexibility index (Phi) is 2.80. The molecule has 5 heteroatoms. The van der Waals surface area contributed by atoms with Gasteiger partial charge in [-0.3, -0.25) is 14.9 Å². The molecular formula is C15H10N2O3. The molecule has 0 aliphatic heterocycles. The molecule has 5 nitrogen and oxygen atoms in total. The lowest BCUT2D eigenvalue weighted by atomic mass is 10.1. The fourth-order valence-corrected chi connectivity index (χ4v) is 2.26. The normalized spacial score (nSPS) is 10.6. The second kappa shape index (κ2) is 4.62. The first-order valence-corrected chi connectivity index (χ1v) is 6.01. The van der Waals surface area contributed by atoms with Gasteiger partial charge in [-0.25, -0.2) is 0 Å². The number of nitrogens with zero attached hydrogens (tertiary/aromatic N) is 1. The monoisotopic (exact) mass is 266 g/mol. The minimum Gasteiger partial charge on any atom is -0.354 e. The summed E-state index contributed by atoms with van der Waals surface area (Å²) < 4.78 is 0. The Hall–Kier alpha value is -2.95. The molecule has 1 N–H and O–H groups in total. The number of carbonyl (C=O) groups excluding carboxylic acids is 1. The third kappa shape index (κ3) is 1.85. The van der Waals surface area contributed by atoms with Crippen molar-refractivity contribution in [1.82, 2.24) is 4.98 Å². The summed E-state index contributed by atoms with van der Waals surface area (Å²) in [7, 11) is 0. The molecule has 0 fully saturated rings. The summed E-state index contributed by atoms with van der Waals surface area (Å²) in [6.07, 6.45) is 0.801. The molecule has 0 amide bonds. The van der Waals surface area contributed by atoms with E-state index in [0.717, 1.165) is 22.8 Å². The standard InChI is InChI=1S/C15H10N2O3/c18-9-13-12-3-1-2-4-14(12)16-15(13)10-5-7-11(8-6-10)17(19)20/h1-9,16H. The second-order valence-corrected chi connectivity index (χ2v) is 4.38. The summed E-state index contributed by atoms with van der Waals surface area (Å²) >= 11 is 0. The lowest BCUT2D eigenvalue weighted by Crippen LogP contribution is -1.88. The molecule has 3 aromatic rings. The van der Waals surface area contributed by atoms with Crippen LogP contribution in [0.2, 0.25) is 0 Å². The third-order valence-corrected chi connectivity index (χ3v) is 3.23. The van der Waals surface area contributed by atoms with Gasteiger partial charge in [0.15, 0.2) is 6.29 Å². The van der Waals surface area contributed by atoms with Crippen LogP contribution in [-0.2, 0) is 0 Å². The van der Waals surface area contributed by atoms with Gasteiger partial charge in [0.05, 0.1) is 10.6 Å². The maximum absolute atomic E-state index is 11.3. The number of aldehydes is 1. The minimum atomic E-state index is -0.449. The summed E-state index contributed by atoms with van der Waals surface area (Å²) in [4.78, 5) is 24.7. The predicted molar refractivity (Wildman–Crippen MR) is 75.8 cm³/mol. The van der Waals surface area contributed by atoms with Crippen LogP contribution in [0.4, 0.5) is 5.69 Å². The largest absolute Gasteiger partial charge is 0.354 e. The zero-order valence-electron chi connectivity index (χ0n) is 10.4. The van der Waals surface area contributed by atoms with Crippen molar-refractivity contribution in [3.63, 3.8) is 0 Å². The number of hydrogen-bond donors (Lipinski definition) is 1. The van der Waals surface area contributed by atoms with Crippen LogP contribution in [0.3, 0.4) is 0 Å². The van der Waals surface area contributed by atoms with Crippen molar-refractivity contribution in [2.75, 3.05) is 0 Å². The number of non-ortho nitro benzene ring substituents is 1. The zero-order chi connectivity index (χ0) is 14.1. The van der Waals surface area contributed by atoms with Crippen molar-refractivity contribution >= 4 is 22.9 Å². The van der Waals surface area contributed by atoms with E-state index >= 15 is 0 Å². The number of hydrogen-bond acceptors (Lipinski definition) is 3. The number of H-pyrrole nitrogens is 1. The molecule has 0 saturated heterocycles. The van der Waals surface area contributed by atoms with E-state index in [0.29, 0.717) is 11.3 Å². The second-order valence-electron chi connectivity index (χ2n) is 4.38. The summed E-state index contributed by atoms with van der Waals surface area (Å²) in [5.74, 6) is 0. The van der Waals surface area contributed by atoms with Gasteiger partial charge in [-0.05, 0) is 23.8 Å². The molecule has 0 saturated carbocycles. The maximum Gasteiger partial charge on any atom is 0.269 e. The van der Waals surface area contributed by atoms with Crippen molar-refractivity contribution in [2.24, 2.45) is 0 Å². The lowest BCUT2D eigenvalue weighted by molar-refractivity contribution is -0.384. The van der Waals surface area contributed by atoms with Crippen LogP contribution in [0.1, 0.15) is 10.4 Å². The Morgan fingerprint density at radius 1 is 1.05 bits per heavy atom. The van der Waals surface area contributed by atoms with E-state index in [1.165, 1.54) is 12.1 Å². The predicted octanol–water partition coefficient (Wildman–Crippen LogP) is 3.56. The quantitative estimate of drug-likeness (QED) is 0.447. The van der Waals surface area contributed by atoms with E-state index in [1.807, 2.05) is 24.3 Å². The molecule has 0 aliphatic rings. The number of aromatic amines is 1. The maximum atomic E-state index is 11.3. The molecule has 20 heavy (non-hydrogen) atoms. The van der Waals surface area contributed by atoms with E-state index in [9.17, 15) is 14.9 Å². The lowest BCUT2D eigenvalue weighted by Gasteiger charge is -1.99. The third-order valence-electron chi connectivity index (χ3n) is 3.23. The SMILES string of the molecule is O=Cc1c(-c2ccc([N+](=O)[O-])cc2)[nH]c2ccccc12. The van der Waals surface area contributed by atoms with Gasteiger partial charge in [0.1, 0.15) is 0 Å². The Balaban J connectivity index is 2.18. The van der Waals surface area contributed by atoms with Crippen LogP contribution in [0.15, 0.2) is 48.5 Å². The summed E-state index contributed by atoms with van der Waals surface area (Å²) in [6.45, 7) is 0. The number of aromatic nitrogens is 1. The number of carbonyl (C=O) groups is 1. The summed E-state index contributed by atoms with van der Waals surface area (Å²) in [5.41, 5.74) is 2.87. The smallest absolute Gasteiger partial charge is 0.269 e. The highest BCUT2D eigenvalue weighted by molar-refractivity contribution is 6.04. The Bertz CT molecular complexity index is 804. The zero-order valence-corrected chi connectivity index (χ0v) is 10.4. The van der Waals surface area contributed by atoms with Gasteiger partial charge in [0.2, 0.25) is 0 Å². The van der Waals surface area contributed by atoms with Gasteiger partial charge >= 0.3 is 0 Å². The van der Waals surface area contributed by atoms with Gasteiger partial charge < -0.3 is 4.98 Å². The Morgan fingerprint density at radius 2 is 1.75 bits per heavy atom. The van der Waals surface area contributed by atoms with Crippen LogP contribution in [0.5, 0.6) is 0 Å². The van der Waals surface area contributed by atoms with E-state index in [4.69, 9.17) is 0 Å². The van der Waals surface area contributed by atoms with Gasteiger partial charge in [-0.15, -0.1) is 0 Å². The molecule has 0 spiro atoms. The van der Waals surface area contributed by atoms with Crippen LogP contribution >= 0.6 is 0 Å². The fraction of sp³-hybridized carbons (Fsp3) is 0. The molecule has 0 atom stereocenters. The number of nitro benzene ring substituents is 1. The molecule has 0 radical (unpaired) electrons. The molecule has 98 valence electrons. The van der Waals surface area contributed by atoms with Crippen LogP contribution in [0.25, 0.3) is 22.2 Å². The Morgan fingerprint density at radius 3 is 2.40 bits per heavy atom. The van der Waals surface area contributed by atoms with Crippen molar-refractivity contribution < 1.29 is 9.72 Å². The first-order chi connectivity index (χ1) is 9.70. The fourth-order valence-electron chi connectivity index (χ4n) is 2.26. The summed E-state index contributed by atoms with van der Waals surface area (Å²) in [5, 5.41) is 11.5. The number of benzene rings is 2. The highest BCUT2D eigenvalue weighted by Crippen LogP contribution is 2.29. The van der Waals surface area contributed by atoms with E-state index < -0.39 is 4.92 Å². The van der Waals surface area contributed by atoms with Gasteiger partial charge in [-0.2, -0.15) is 0 Å². The Labute approximate surface area is 114 Å². The van der Waals surface area contributed by atoms with Gasteiger partial charge in [0.25, 0.3) is 5.69 Å². The molecule has 0 aliphatic carbocycles. The molecule has 0 bridgehead atoms. The van der Waals surface area contributed by atoms with Crippen molar-refractivity contribution in [3.8, 4) is 11.3 Å². The van der Waals surface area contributed by atoms with Gasteiger partial charge in [0, 0.05) is 28.6 Å². The van der Waals surface area contributed by atoms with Crippen molar-refractivity contribution in [3.05, 3.63) is 64.2 Å². The highest BCUT2D eigenvalue weighted by Gasteiger charge is 2.13. The molecule has 1 heterocycles. The average Bonchev–Trinajstić information content (AvgIpc) is 2.85. The van der Waals surface area contributed by atoms with E-state index in [-0.39, 0.29) is 5.69 Å². The van der Waals surface area contributed by atoms with Crippen LogP contribution in [0, 0.1) is 10.1 Å². The van der Waals surface area contributed by atoms with E-state index in [1.54, 1.807) is 12.1 Å². The topological polar surface area (TPSA) is 76.0 Å². The molecule has 1 aromatic heterocycles. The summed E-state index contributed by atoms with van der Waals surface area (Å²) in [6, 6.07) is 13.6. The number of para-hydroxylation sites is 1. The molecular weight excluding hydrogens is 256 g/mol. The number of rotatable bonds is 3. The van der Waals surface area contributed by atoms with Gasteiger partial charge in [-0.1, -0.05) is 18.2 Å². The average molecular weight is 266 g/mol. The first-order valence-electron chi connectivity index (χ1n) is 6.01. The van der Waals surface area contributed by atoms with E-state index in [2.05, 4.69) is 4.98 Å². The van der Waals surface area contributed by atoms with Crippen LogP contribution in [-0.4, -0.2) is 16.2 Å². The molecule has 3 rings (SSSR count). The van der Waals surface area contributed by atoms with Crippen molar-refractivity contribution in [1.29, 1.82) is 0 Å². The minimum absolute atomic E-state index is 0.0255. The molecule has 0 unspecified atom stereocenters. The number of nitro groups is 1. The van der Waals surface area contributed by atoms with Crippen molar-refractivity contribution in [2.45, 2.75) is 0 Å². The first kappa shape index (κ1) is 12.1. The van der Waals surface area contributed by atoms with Crippen LogP contribution < -0.4 is 0 Å². The highest BCUT2D eigenvalue weighted by atomic mass is 16.6. The molecule has 2 aromatic carbocycles. The number of nitrogens with one attached hydrogen (secondary N) is 1. The number of fused-ring (bicyclic) bond motifs is 1.